The molecule has 2 N–H and O–H groups in total. The predicted octanol–water partition coefficient (Wildman–Crippen LogP) is 0.205. The standard InChI is InChI=1S/C9H16N2O2/c1-3-6-10-9(13)5-7-11-8(12)4-2/h4H,2-3,5-7H2,1H3,(H,10,13)(H,11,12). The molecule has 2 amide bonds. The summed E-state index contributed by atoms with van der Waals surface area (Å²) in [4.78, 5) is 21.6. The quantitative estimate of drug-likeness (QED) is 0.579. The molecule has 4 nitrogen and oxygen atoms in total. The van der Waals surface area contributed by atoms with Crippen LogP contribution in [0, 0.1) is 0 Å². The van der Waals surface area contributed by atoms with Crippen molar-refractivity contribution in [3.8, 4) is 0 Å². The number of carbonyl (C=O) groups is 2. The molecule has 0 radical (unpaired) electrons. The van der Waals surface area contributed by atoms with E-state index >= 15 is 0 Å². The van der Waals surface area contributed by atoms with Gasteiger partial charge in [0.15, 0.2) is 0 Å². The van der Waals surface area contributed by atoms with Crippen LogP contribution in [0.2, 0.25) is 0 Å². The van der Waals surface area contributed by atoms with Crippen LogP contribution >= 0.6 is 0 Å². The Labute approximate surface area is 78.4 Å². The van der Waals surface area contributed by atoms with Gasteiger partial charge < -0.3 is 10.6 Å². The van der Waals surface area contributed by atoms with E-state index in [4.69, 9.17) is 0 Å². The molecule has 0 aliphatic heterocycles. The largest absolute Gasteiger partial charge is 0.356 e. The van der Waals surface area contributed by atoms with Crippen molar-refractivity contribution in [2.75, 3.05) is 13.1 Å². The third kappa shape index (κ3) is 7.05. The smallest absolute Gasteiger partial charge is 0.243 e. The minimum absolute atomic E-state index is 0.0359. The van der Waals surface area contributed by atoms with Gasteiger partial charge in [0.2, 0.25) is 11.8 Å². The molecule has 0 aliphatic carbocycles. The Morgan fingerprint density at radius 1 is 1.31 bits per heavy atom. The monoisotopic (exact) mass is 184 g/mol. The van der Waals surface area contributed by atoms with E-state index in [9.17, 15) is 9.59 Å². The van der Waals surface area contributed by atoms with E-state index in [1.165, 1.54) is 6.08 Å². The van der Waals surface area contributed by atoms with E-state index in [1.807, 2.05) is 6.92 Å². The van der Waals surface area contributed by atoms with Gasteiger partial charge in [0.05, 0.1) is 0 Å². The molecule has 0 spiro atoms. The molecule has 0 bridgehead atoms. The summed E-state index contributed by atoms with van der Waals surface area (Å²) in [5, 5.41) is 5.23. The summed E-state index contributed by atoms with van der Waals surface area (Å²) in [6.45, 7) is 6.33. The highest BCUT2D eigenvalue weighted by atomic mass is 16.2. The van der Waals surface area contributed by atoms with Crippen LogP contribution in [0.4, 0.5) is 0 Å². The third-order valence-electron chi connectivity index (χ3n) is 1.41. The Morgan fingerprint density at radius 3 is 2.54 bits per heavy atom. The summed E-state index contributed by atoms with van der Waals surface area (Å²) in [5.41, 5.74) is 0. The fourth-order valence-corrected chi connectivity index (χ4v) is 0.724. The minimum Gasteiger partial charge on any atom is -0.356 e. The van der Waals surface area contributed by atoms with E-state index in [0.29, 0.717) is 19.5 Å². The SMILES string of the molecule is C=CC(=O)NCCC(=O)NCCC. The molecule has 0 rings (SSSR count). The fourth-order valence-electron chi connectivity index (χ4n) is 0.724. The number of hydrogen-bond donors (Lipinski definition) is 2. The maximum absolute atomic E-state index is 11.0. The molecule has 0 aromatic heterocycles. The highest BCUT2D eigenvalue weighted by Gasteiger charge is 1.99. The molecule has 0 atom stereocenters. The van der Waals surface area contributed by atoms with Crippen molar-refractivity contribution in [1.29, 1.82) is 0 Å². The van der Waals surface area contributed by atoms with Gasteiger partial charge in [0, 0.05) is 19.5 Å². The average molecular weight is 184 g/mol. The van der Waals surface area contributed by atoms with Gasteiger partial charge in [-0.3, -0.25) is 9.59 Å². The maximum Gasteiger partial charge on any atom is 0.243 e. The fraction of sp³-hybridized carbons (Fsp3) is 0.556. The zero-order valence-corrected chi connectivity index (χ0v) is 7.93. The second kappa shape index (κ2) is 7.34. The van der Waals surface area contributed by atoms with Crippen LogP contribution in [0.3, 0.4) is 0 Å². The van der Waals surface area contributed by atoms with Crippen LogP contribution in [0.5, 0.6) is 0 Å². The normalized spacial score (nSPS) is 9.00. The minimum atomic E-state index is -0.247. The van der Waals surface area contributed by atoms with Gasteiger partial charge in [-0.25, -0.2) is 0 Å². The van der Waals surface area contributed by atoms with Crippen LogP contribution in [0.15, 0.2) is 12.7 Å². The van der Waals surface area contributed by atoms with Crippen molar-refractivity contribution in [2.24, 2.45) is 0 Å². The van der Waals surface area contributed by atoms with Gasteiger partial charge in [-0.05, 0) is 12.5 Å². The van der Waals surface area contributed by atoms with Crippen molar-refractivity contribution < 1.29 is 9.59 Å². The lowest BCUT2D eigenvalue weighted by Crippen LogP contribution is -2.30. The Kier molecular flexibility index (Phi) is 6.59. The summed E-state index contributed by atoms with van der Waals surface area (Å²) in [6, 6.07) is 0. The Morgan fingerprint density at radius 2 is 2.00 bits per heavy atom. The summed E-state index contributed by atoms with van der Waals surface area (Å²) in [5.74, 6) is -0.283. The number of hydrogen-bond acceptors (Lipinski definition) is 2. The molecule has 0 fully saturated rings. The Balaban J connectivity index is 3.36. The molecule has 0 aromatic carbocycles. The Hall–Kier alpha value is -1.32. The summed E-state index contributed by atoms with van der Waals surface area (Å²) < 4.78 is 0. The van der Waals surface area contributed by atoms with E-state index in [1.54, 1.807) is 0 Å². The predicted molar refractivity (Wildman–Crippen MR) is 51.1 cm³/mol. The van der Waals surface area contributed by atoms with Crippen LogP contribution in [-0.2, 0) is 9.59 Å². The van der Waals surface area contributed by atoms with Crippen LogP contribution < -0.4 is 10.6 Å². The topological polar surface area (TPSA) is 58.2 Å². The number of amides is 2. The Bertz CT molecular complexity index is 190. The molecule has 0 aliphatic rings. The van der Waals surface area contributed by atoms with E-state index < -0.39 is 0 Å². The van der Waals surface area contributed by atoms with Crippen LogP contribution in [-0.4, -0.2) is 24.9 Å². The molecule has 0 aromatic rings. The number of rotatable bonds is 6. The van der Waals surface area contributed by atoms with Gasteiger partial charge in [-0.2, -0.15) is 0 Å². The van der Waals surface area contributed by atoms with Crippen molar-refractivity contribution >= 4 is 11.8 Å². The average Bonchev–Trinajstić information content (AvgIpc) is 2.14. The van der Waals surface area contributed by atoms with E-state index in [0.717, 1.165) is 6.42 Å². The molecular formula is C9H16N2O2. The van der Waals surface area contributed by atoms with Crippen molar-refractivity contribution in [1.82, 2.24) is 10.6 Å². The zero-order valence-electron chi connectivity index (χ0n) is 7.93. The highest BCUT2D eigenvalue weighted by molar-refractivity contribution is 5.87. The lowest BCUT2D eigenvalue weighted by Gasteiger charge is -2.03. The van der Waals surface area contributed by atoms with Crippen LogP contribution in [0.1, 0.15) is 19.8 Å². The summed E-state index contributed by atoms with van der Waals surface area (Å²) in [6.07, 6.45) is 2.42. The van der Waals surface area contributed by atoms with E-state index in [2.05, 4.69) is 17.2 Å². The highest BCUT2D eigenvalue weighted by Crippen LogP contribution is 1.79. The lowest BCUT2D eigenvalue weighted by molar-refractivity contribution is -0.121. The molecule has 0 heterocycles. The van der Waals surface area contributed by atoms with Gasteiger partial charge in [-0.1, -0.05) is 13.5 Å². The maximum atomic E-state index is 11.0. The summed E-state index contributed by atoms with van der Waals surface area (Å²) >= 11 is 0. The van der Waals surface area contributed by atoms with Crippen molar-refractivity contribution in [2.45, 2.75) is 19.8 Å². The molecule has 0 unspecified atom stereocenters. The first-order valence-electron chi connectivity index (χ1n) is 4.37. The molecule has 0 saturated carbocycles. The first-order valence-corrected chi connectivity index (χ1v) is 4.37. The molecule has 4 heteroatoms. The van der Waals surface area contributed by atoms with Gasteiger partial charge in [-0.15, -0.1) is 0 Å². The number of nitrogens with one attached hydrogen (secondary N) is 2. The second-order valence-corrected chi connectivity index (χ2v) is 2.60. The van der Waals surface area contributed by atoms with Gasteiger partial charge >= 0.3 is 0 Å². The third-order valence-corrected chi connectivity index (χ3v) is 1.41. The van der Waals surface area contributed by atoms with Crippen molar-refractivity contribution in [3.63, 3.8) is 0 Å². The first-order chi connectivity index (χ1) is 6.20. The first kappa shape index (κ1) is 11.7. The van der Waals surface area contributed by atoms with Crippen molar-refractivity contribution in [3.05, 3.63) is 12.7 Å². The summed E-state index contributed by atoms with van der Waals surface area (Å²) in [7, 11) is 0. The van der Waals surface area contributed by atoms with Gasteiger partial charge in [0.25, 0.3) is 0 Å². The van der Waals surface area contributed by atoms with Gasteiger partial charge in [0.1, 0.15) is 0 Å². The second-order valence-electron chi connectivity index (χ2n) is 2.60. The van der Waals surface area contributed by atoms with Crippen LogP contribution in [0.25, 0.3) is 0 Å². The number of carbonyl (C=O) groups excluding carboxylic acids is 2. The zero-order chi connectivity index (χ0) is 10.1. The molecule has 13 heavy (non-hydrogen) atoms. The molecule has 0 saturated heterocycles. The molecule has 74 valence electrons. The van der Waals surface area contributed by atoms with E-state index in [-0.39, 0.29) is 11.8 Å². The lowest BCUT2D eigenvalue weighted by atomic mass is 10.3. The molecular weight excluding hydrogens is 168 g/mol.